The van der Waals surface area contributed by atoms with E-state index < -0.39 is 11.8 Å². The summed E-state index contributed by atoms with van der Waals surface area (Å²) in [7, 11) is 3.01. The molecule has 0 aliphatic carbocycles. The van der Waals surface area contributed by atoms with E-state index in [-0.39, 0.29) is 5.97 Å². The molecule has 1 N–H and O–H groups in total. The zero-order valence-corrected chi connectivity index (χ0v) is 13.5. The first-order valence-corrected chi connectivity index (χ1v) is 7.56. The lowest BCUT2D eigenvalue weighted by atomic mass is 10.1. The molecular formula is C18H18N2O4. The van der Waals surface area contributed by atoms with Crippen LogP contribution in [-0.4, -0.2) is 23.7 Å². The summed E-state index contributed by atoms with van der Waals surface area (Å²) in [5.41, 5.74) is 2.87. The van der Waals surface area contributed by atoms with Crippen LogP contribution in [0.15, 0.2) is 57.7 Å². The van der Waals surface area contributed by atoms with Gasteiger partial charge in [0, 0.05) is 25.2 Å². The summed E-state index contributed by atoms with van der Waals surface area (Å²) in [4.78, 5) is 23.6. The number of nitrogens with one attached hydrogen (secondary N) is 1. The first-order valence-electron chi connectivity index (χ1n) is 7.56. The van der Waals surface area contributed by atoms with Gasteiger partial charge in [-0.05, 0) is 17.7 Å². The number of rotatable bonds is 5. The summed E-state index contributed by atoms with van der Waals surface area (Å²) in [6.07, 6.45) is 0.490. The molecule has 6 heteroatoms. The van der Waals surface area contributed by atoms with Gasteiger partial charge in [0.15, 0.2) is 5.58 Å². The van der Waals surface area contributed by atoms with Crippen molar-refractivity contribution in [3.63, 3.8) is 0 Å². The molecule has 6 nitrogen and oxygen atoms in total. The monoisotopic (exact) mass is 326 g/mol. The highest BCUT2D eigenvalue weighted by Gasteiger charge is 2.20. The minimum Gasteiger partial charge on any atom is -0.467 e. The van der Waals surface area contributed by atoms with Gasteiger partial charge in [0.05, 0.1) is 12.6 Å². The minimum atomic E-state index is -0.537. The Labute approximate surface area is 138 Å². The number of aromatic nitrogens is 1. The maximum absolute atomic E-state index is 12.1. The standard InChI is InChI=1S/C18H18N2O4/c1-20-15-9-8-13(11-16(15)24-18(20)22)19-14(17(21)23-2)10-12-6-4-3-5-7-12/h3-9,11,14,19H,10H2,1-2H3. The smallest absolute Gasteiger partial charge is 0.419 e. The summed E-state index contributed by atoms with van der Waals surface area (Å²) in [5.74, 6) is -0.774. The van der Waals surface area contributed by atoms with E-state index in [0.29, 0.717) is 23.2 Å². The number of nitrogens with zero attached hydrogens (tertiary/aromatic N) is 1. The topological polar surface area (TPSA) is 73.5 Å². The molecule has 0 amide bonds. The highest BCUT2D eigenvalue weighted by atomic mass is 16.5. The van der Waals surface area contributed by atoms with E-state index in [2.05, 4.69) is 5.32 Å². The molecule has 0 radical (unpaired) electrons. The Hall–Kier alpha value is -3.02. The number of hydrogen-bond donors (Lipinski definition) is 1. The molecule has 0 aliphatic heterocycles. The van der Waals surface area contributed by atoms with Crippen LogP contribution in [0.3, 0.4) is 0 Å². The van der Waals surface area contributed by atoms with Crippen molar-refractivity contribution in [1.82, 2.24) is 4.57 Å². The minimum absolute atomic E-state index is 0.353. The van der Waals surface area contributed by atoms with Crippen LogP contribution in [0.2, 0.25) is 0 Å². The third kappa shape index (κ3) is 3.17. The summed E-state index contributed by atoms with van der Waals surface area (Å²) in [5, 5.41) is 3.15. The van der Waals surface area contributed by atoms with Crippen LogP contribution in [0, 0.1) is 0 Å². The number of ether oxygens (including phenoxy) is 1. The fourth-order valence-electron chi connectivity index (χ4n) is 2.61. The summed E-state index contributed by atoms with van der Waals surface area (Å²) < 4.78 is 11.5. The molecule has 1 atom stereocenters. The van der Waals surface area contributed by atoms with Gasteiger partial charge >= 0.3 is 11.7 Å². The number of aryl methyl sites for hydroxylation is 1. The van der Waals surface area contributed by atoms with Crippen molar-refractivity contribution in [2.45, 2.75) is 12.5 Å². The normalized spacial score (nSPS) is 12.1. The van der Waals surface area contributed by atoms with Crippen molar-refractivity contribution in [3.05, 3.63) is 64.6 Å². The fourth-order valence-corrected chi connectivity index (χ4v) is 2.61. The fraction of sp³-hybridized carbons (Fsp3) is 0.222. The number of anilines is 1. The predicted octanol–water partition coefficient (Wildman–Crippen LogP) is 2.33. The largest absolute Gasteiger partial charge is 0.467 e. The Bertz CT molecular complexity index is 912. The molecule has 0 saturated carbocycles. The van der Waals surface area contributed by atoms with E-state index in [1.165, 1.54) is 11.7 Å². The Morgan fingerprint density at radius 2 is 2.00 bits per heavy atom. The van der Waals surface area contributed by atoms with Gasteiger partial charge in [-0.2, -0.15) is 0 Å². The van der Waals surface area contributed by atoms with E-state index in [1.807, 2.05) is 30.3 Å². The second kappa shape index (κ2) is 6.62. The Morgan fingerprint density at radius 1 is 1.25 bits per heavy atom. The molecule has 0 fully saturated rings. The maximum atomic E-state index is 12.1. The Morgan fingerprint density at radius 3 is 2.71 bits per heavy atom. The first kappa shape index (κ1) is 15.9. The number of carbonyl (C=O) groups is 1. The number of fused-ring (bicyclic) bond motifs is 1. The molecule has 3 rings (SSSR count). The van der Waals surface area contributed by atoms with Gasteiger partial charge in [-0.15, -0.1) is 0 Å². The van der Waals surface area contributed by atoms with Crippen molar-refractivity contribution in [3.8, 4) is 0 Å². The molecule has 0 aliphatic rings. The van der Waals surface area contributed by atoms with E-state index in [0.717, 1.165) is 5.56 Å². The van der Waals surface area contributed by atoms with Gasteiger partial charge in [-0.1, -0.05) is 30.3 Å². The van der Waals surface area contributed by atoms with Crippen LogP contribution in [-0.2, 0) is 23.0 Å². The summed E-state index contributed by atoms with van der Waals surface area (Å²) in [6, 6.07) is 14.4. The average Bonchev–Trinajstić information content (AvgIpc) is 2.88. The van der Waals surface area contributed by atoms with E-state index in [4.69, 9.17) is 9.15 Å². The van der Waals surface area contributed by atoms with Crippen molar-refractivity contribution in [2.24, 2.45) is 7.05 Å². The lowest BCUT2D eigenvalue weighted by Crippen LogP contribution is -2.32. The molecule has 0 spiro atoms. The van der Waals surface area contributed by atoms with Crippen LogP contribution < -0.4 is 11.1 Å². The van der Waals surface area contributed by atoms with Crippen molar-refractivity contribution >= 4 is 22.8 Å². The van der Waals surface area contributed by atoms with Crippen LogP contribution in [0.25, 0.3) is 11.1 Å². The second-order valence-corrected chi connectivity index (χ2v) is 5.52. The first-order chi connectivity index (χ1) is 11.6. The number of oxazole rings is 1. The van der Waals surface area contributed by atoms with Gasteiger partial charge in [-0.25, -0.2) is 9.59 Å². The summed E-state index contributed by atoms with van der Waals surface area (Å²) in [6.45, 7) is 0. The molecule has 3 aromatic rings. The van der Waals surface area contributed by atoms with Gasteiger partial charge < -0.3 is 14.5 Å². The van der Waals surface area contributed by atoms with Crippen LogP contribution in [0.4, 0.5) is 5.69 Å². The van der Waals surface area contributed by atoms with Crippen molar-refractivity contribution in [1.29, 1.82) is 0 Å². The zero-order valence-electron chi connectivity index (χ0n) is 13.5. The Balaban J connectivity index is 1.86. The van der Waals surface area contributed by atoms with E-state index in [9.17, 15) is 9.59 Å². The molecule has 0 saturated heterocycles. The lowest BCUT2D eigenvalue weighted by molar-refractivity contribution is -0.141. The second-order valence-electron chi connectivity index (χ2n) is 5.52. The molecule has 1 unspecified atom stereocenters. The van der Waals surface area contributed by atoms with Crippen LogP contribution >= 0.6 is 0 Å². The number of hydrogen-bond acceptors (Lipinski definition) is 5. The van der Waals surface area contributed by atoms with Crippen LogP contribution in [0.1, 0.15) is 5.56 Å². The van der Waals surface area contributed by atoms with Crippen molar-refractivity contribution < 1.29 is 13.9 Å². The number of benzene rings is 2. The van der Waals surface area contributed by atoms with Crippen LogP contribution in [0.5, 0.6) is 0 Å². The molecule has 124 valence electrons. The predicted molar refractivity (Wildman–Crippen MR) is 91.0 cm³/mol. The van der Waals surface area contributed by atoms with Crippen molar-refractivity contribution in [2.75, 3.05) is 12.4 Å². The van der Waals surface area contributed by atoms with Gasteiger partial charge in [0.1, 0.15) is 6.04 Å². The molecule has 24 heavy (non-hydrogen) atoms. The molecule has 1 aromatic heterocycles. The number of carbonyl (C=O) groups excluding carboxylic acids is 1. The average molecular weight is 326 g/mol. The SMILES string of the molecule is COC(=O)C(Cc1ccccc1)Nc1ccc2c(c1)oc(=O)n2C. The maximum Gasteiger partial charge on any atom is 0.419 e. The van der Waals surface area contributed by atoms with Gasteiger partial charge in [-0.3, -0.25) is 4.57 Å². The molecular weight excluding hydrogens is 308 g/mol. The van der Waals surface area contributed by atoms with Gasteiger partial charge in [0.2, 0.25) is 0 Å². The van der Waals surface area contributed by atoms with E-state index in [1.54, 1.807) is 25.2 Å². The number of methoxy groups -OCH3 is 1. The van der Waals surface area contributed by atoms with E-state index >= 15 is 0 Å². The number of esters is 1. The highest BCUT2D eigenvalue weighted by molar-refractivity contribution is 5.82. The third-order valence-corrected chi connectivity index (χ3v) is 3.90. The lowest BCUT2D eigenvalue weighted by Gasteiger charge is -2.17. The third-order valence-electron chi connectivity index (χ3n) is 3.90. The highest BCUT2D eigenvalue weighted by Crippen LogP contribution is 2.19. The molecule has 0 bridgehead atoms. The molecule has 2 aromatic carbocycles. The Kier molecular flexibility index (Phi) is 4.37. The quantitative estimate of drug-likeness (QED) is 0.729. The van der Waals surface area contributed by atoms with Gasteiger partial charge in [0.25, 0.3) is 0 Å². The molecule has 1 heterocycles. The summed E-state index contributed by atoms with van der Waals surface area (Å²) >= 11 is 0. The zero-order chi connectivity index (χ0) is 17.1.